The minimum atomic E-state index is -0.588. The van der Waals surface area contributed by atoms with Crippen LogP contribution in [0.5, 0.6) is 5.75 Å². The molecular weight excluding hydrogens is 392 g/mol. The van der Waals surface area contributed by atoms with Crippen molar-refractivity contribution >= 4 is 35.0 Å². The molecule has 0 aliphatic rings. The Bertz CT molecular complexity index is 1010. The topological polar surface area (TPSA) is 76.7 Å². The van der Waals surface area contributed by atoms with E-state index in [1.54, 1.807) is 60.7 Å². The molecule has 0 unspecified atom stereocenters. The molecule has 0 aliphatic heterocycles. The summed E-state index contributed by atoms with van der Waals surface area (Å²) >= 11 is 5.90. The first kappa shape index (κ1) is 20.2. The molecule has 3 rings (SSSR count). The third-order valence-corrected chi connectivity index (χ3v) is 4.24. The zero-order valence-electron chi connectivity index (χ0n) is 15.6. The van der Waals surface area contributed by atoms with E-state index in [1.165, 1.54) is 7.11 Å². The van der Waals surface area contributed by atoms with E-state index >= 15 is 0 Å². The molecule has 0 saturated heterocycles. The second-order valence-electron chi connectivity index (χ2n) is 6.06. The van der Waals surface area contributed by atoms with Crippen LogP contribution >= 0.6 is 11.6 Å². The SMILES string of the molecule is COC(=O)Nc1cccc(NC(=O)c2ccccc2OCc2ccc(Cl)cc2)c1. The second kappa shape index (κ2) is 9.61. The van der Waals surface area contributed by atoms with Crippen molar-refractivity contribution in [1.82, 2.24) is 0 Å². The Morgan fingerprint density at radius 1 is 0.897 bits per heavy atom. The lowest BCUT2D eigenvalue weighted by Gasteiger charge is -2.12. The van der Waals surface area contributed by atoms with E-state index in [1.807, 2.05) is 12.1 Å². The van der Waals surface area contributed by atoms with E-state index in [-0.39, 0.29) is 5.91 Å². The number of amides is 2. The standard InChI is InChI=1S/C22H19ClN2O4/c1-28-22(27)25-18-6-4-5-17(13-18)24-21(26)19-7-2-3-8-20(19)29-14-15-9-11-16(23)12-10-15/h2-13H,14H2,1H3,(H,24,26)(H,25,27). The average Bonchev–Trinajstić information content (AvgIpc) is 2.73. The quantitative estimate of drug-likeness (QED) is 0.574. The van der Waals surface area contributed by atoms with E-state index in [2.05, 4.69) is 15.4 Å². The molecular formula is C22H19ClN2O4. The van der Waals surface area contributed by atoms with Crippen LogP contribution in [0.4, 0.5) is 16.2 Å². The lowest BCUT2D eigenvalue weighted by atomic mass is 10.1. The summed E-state index contributed by atoms with van der Waals surface area (Å²) in [6, 6.07) is 21.0. The highest BCUT2D eigenvalue weighted by atomic mass is 35.5. The Morgan fingerprint density at radius 2 is 1.59 bits per heavy atom. The normalized spacial score (nSPS) is 10.1. The summed E-state index contributed by atoms with van der Waals surface area (Å²) in [6.07, 6.45) is -0.588. The minimum absolute atomic E-state index is 0.306. The third kappa shape index (κ3) is 5.73. The van der Waals surface area contributed by atoms with Gasteiger partial charge in [-0.3, -0.25) is 10.1 Å². The van der Waals surface area contributed by atoms with Crippen molar-refractivity contribution in [3.8, 4) is 5.75 Å². The van der Waals surface area contributed by atoms with Gasteiger partial charge < -0.3 is 14.8 Å². The number of anilines is 2. The van der Waals surface area contributed by atoms with Crippen LogP contribution in [0.2, 0.25) is 5.02 Å². The van der Waals surface area contributed by atoms with Gasteiger partial charge in [0.2, 0.25) is 0 Å². The van der Waals surface area contributed by atoms with Gasteiger partial charge in [0.05, 0.1) is 12.7 Å². The molecule has 29 heavy (non-hydrogen) atoms. The zero-order valence-corrected chi connectivity index (χ0v) is 16.4. The number of carbonyl (C=O) groups excluding carboxylic acids is 2. The highest BCUT2D eigenvalue weighted by Gasteiger charge is 2.13. The highest BCUT2D eigenvalue weighted by molar-refractivity contribution is 6.30. The maximum Gasteiger partial charge on any atom is 0.411 e. The number of hydrogen-bond acceptors (Lipinski definition) is 4. The molecule has 0 fully saturated rings. The van der Waals surface area contributed by atoms with E-state index in [9.17, 15) is 9.59 Å². The van der Waals surface area contributed by atoms with E-state index in [0.29, 0.717) is 34.3 Å². The van der Waals surface area contributed by atoms with Gasteiger partial charge in [0.15, 0.2) is 0 Å². The number of ether oxygens (including phenoxy) is 2. The molecule has 2 N–H and O–H groups in total. The number of benzene rings is 3. The van der Waals surface area contributed by atoms with Crippen LogP contribution in [0.15, 0.2) is 72.8 Å². The second-order valence-corrected chi connectivity index (χ2v) is 6.50. The zero-order chi connectivity index (χ0) is 20.6. The highest BCUT2D eigenvalue weighted by Crippen LogP contribution is 2.22. The summed E-state index contributed by atoms with van der Waals surface area (Å²) in [4.78, 5) is 24.1. The van der Waals surface area contributed by atoms with Crippen molar-refractivity contribution in [3.63, 3.8) is 0 Å². The van der Waals surface area contributed by atoms with Crippen molar-refractivity contribution in [2.24, 2.45) is 0 Å². The number of nitrogens with one attached hydrogen (secondary N) is 2. The minimum Gasteiger partial charge on any atom is -0.488 e. The number of halogens is 1. The summed E-state index contributed by atoms with van der Waals surface area (Å²) in [5.74, 6) is 0.135. The Hall–Kier alpha value is -3.51. The molecule has 0 aliphatic carbocycles. The Balaban J connectivity index is 1.70. The van der Waals surface area contributed by atoms with Gasteiger partial charge in [0.1, 0.15) is 12.4 Å². The van der Waals surface area contributed by atoms with Crippen LogP contribution in [-0.4, -0.2) is 19.1 Å². The molecule has 0 saturated carbocycles. The first-order valence-electron chi connectivity index (χ1n) is 8.78. The lowest BCUT2D eigenvalue weighted by molar-refractivity contribution is 0.102. The van der Waals surface area contributed by atoms with Crippen LogP contribution in [0, 0.1) is 0 Å². The van der Waals surface area contributed by atoms with Gasteiger partial charge >= 0.3 is 6.09 Å². The molecule has 7 heteroatoms. The van der Waals surface area contributed by atoms with Gasteiger partial charge in [-0.25, -0.2) is 4.79 Å². The van der Waals surface area contributed by atoms with Crippen molar-refractivity contribution in [1.29, 1.82) is 0 Å². The maximum absolute atomic E-state index is 12.8. The van der Waals surface area contributed by atoms with Gasteiger partial charge in [-0.2, -0.15) is 0 Å². The number of hydrogen-bond donors (Lipinski definition) is 2. The fourth-order valence-electron chi connectivity index (χ4n) is 2.56. The van der Waals surface area contributed by atoms with Gasteiger partial charge in [-0.05, 0) is 48.0 Å². The molecule has 6 nitrogen and oxygen atoms in total. The Morgan fingerprint density at radius 3 is 2.31 bits per heavy atom. The summed E-state index contributed by atoms with van der Waals surface area (Å²) < 4.78 is 10.4. The van der Waals surface area contributed by atoms with Crippen molar-refractivity contribution in [2.75, 3.05) is 17.7 Å². The Labute approximate surface area is 173 Å². The smallest absolute Gasteiger partial charge is 0.411 e. The van der Waals surface area contributed by atoms with Crippen LogP contribution in [0.3, 0.4) is 0 Å². The number of methoxy groups -OCH3 is 1. The predicted octanol–water partition coefficient (Wildman–Crippen LogP) is 5.35. The predicted molar refractivity (Wildman–Crippen MR) is 113 cm³/mol. The molecule has 0 atom stereocenters. The maximum atomic E-state index is 12.8. The van der Waals surface area contributed by atoms with E-state index in [0.717, 1.165) is 5.56 Å². The fraction of sp³-hybridized carbons (Fsp3) is 0.0909. The van der Waals surface area contributed by atoms with Crippen molar-refractivity contribution < 1.29 is 19.1 Å². The Kier molecular flexibility index (Phi) is 6.71. The summed E-state index contributed by atoms with van der Waals surface area (Å²) in [5.41, 5.74) is 2.36. The monoisotopic (exact) mass is 410 g/mol. The molecule has 3 aromatic carbocycles. The number of para-hydroxylation sites is 1. The number of carbonyl (C=O) groups is 2. The molecule has 0 heterocycles. The summed E-state index contributed by atoms with van der Waals surface area (Å²) in [5, 5.41) is 6.01. The third-order valence-electron chi connectivity index (χ3n) is 3.99. The molecule has 2 amide bonds. The van der Waals surface area contributed by atoms with Gasteiger partial charge in [0, 0.05) is 16.4 Å². The molecule has 0 bridgehead atoms. The van der Waals surface area contributed by atoms with Crippen LogP contribution in [0.1, 0.15) is 15.9 Å². The van der Waals surface area contributed by atoms with Crippen molar-refractivity contribution in [2.45, 2.75) is 6.61 Å². The number of rotatable bonds is 6. The van der Waals surface area contributed by atoms with Crippen LogP contribution < -0.4 is 15.4 Å². The molecule has 3 aromatic rings. The van der Waals surface area contributed by atoms with Crippen LogP contribution in [-0.2, 0) is 11.3 Å². The first-order chi connectivity index (χ1) is 14.0. The van der Waals surface area contributed by atoms with Gasteiger partial charge in [-0.15, -0.1) is 0 Å². The molecule has 0 radical (unpaired) electrons. The fourth-order valence-corrected chi connectivity index (χ4v) is 2.69. The van der Waals surface area contributed by atoms with Gasteiger partial charge in [0.25, 0.3) is 5.91 Å². The van der Waals surface area contributed by atoms with E-state index < -0.39 is 6.09 Å². The largest absolute Gasteiger partial charge is 0.488 e. The van der Waals surface area contributed by atoms with Crippen LogP contribution in [0.25, 0.3) is 0 Å². The van der Waals surface area contributed by atoms with Crippen molar-refractivity contribution in [3.05, 3.63) is 88.9 Å². The lowest BCUT2D eigenvalue weighted by Crippen LogP contribution is -2.14. The summed E-state index contributed by atoms with van der Waals surface area (Å²) in [6.45, 7) is 0.306. The first-order valence-corrected chi connectivity index (χ1v) is 9.15. The molecule has 0 spiro atoms. The summed E-state index contributed by atoms with van der Waals surface area (Å²) in [7, 11) is 1.28. The molecule has 148 valence electrons. The molecule has 0 aromatic heterocycles. The average molecular weight is 411 g/mol. The van der Waals surface area contributed by atoms with E-state index in [4.69, 9.17) is 16.3 Å². The van der Waals surface area contributed by atoms with Gasteiger partial charge in [-0.1, -0.05) is 41.9 Å².